The van der Waals surface area contributed by atoms with Crippen LogP contribution in [0.15, 0.2) is 60.7 Å². The van der Waals surface area contributed by atoms with Gasteiger partial charge in [-0.3, -0.25) is 4.79 Å². The van der Waals surface area contributed by atoms with Gasteiger partial charge in [-0.25, -0.2) is 0 Å². The van der Waals surface area contributed by atoms with Gasteiger partial charge in [-0.2, -0.15) is 0 Å². The van der Waals surface area contributed by atoms with E-state index in [4.69, 9.17) is 4.74 Å². The molecule has 0 N–H and O–H groups in total. The Kier molecular flexibility index (Phi) is 8.83. The van der Waals surface area contributed by atoms with Crippen LogP contribution in [0.25, 0.3) is 0 Å². The molecule has 2 atom stereocenters. The summed E-state index contributed by atoms with van der Waals surface area (Å²) in [6, 6.07) is 20.4. The van der Waals surface area contributed by atoms with Gasteiger partial charge >= 0.3 is 5.97 Å². The number of nitrogens with zero attached hydrogens (tertiary/aromatic N) is 1. The first-order valence-electron chi connectivity index (χ1n) is 8.94. The Hall–Kier alpha value is -1.84. The largest absolute Gasteiger partial charge is 0.453 e. The molecule has 0 bridgehead atoms. The molecule has 0 aliphatic heterocycles. The maximum Gasteiger partial charge on any atom is 0.306 e. The first kappa shape index (κ1) is 22.2. The number of ether oxygens (including phenoxy) is 1. The van der Waals surface area contributed by atoms with Crippen molar-refractivity contribution in [1.82, 2.24) is 4.90 Å². The summed E-state index contributed by atoms with van der Waals surface area (Å²) in [5, 5.41) is 0. The molecule has 0 aliphatic carbocycles. The number of hydrogen-bond acceptors (Lipinski definition) is 3. The Labute approximate surface area is 163 Å². The van der Waals surface area contributed by atoms with Gasteiger partial charge in [0.15, 0.2) is 0 Å². The lowest BCUT2D eigenvalue weighted by Gasteiger charge is -2.40. The minimum atomic E-state index is -0.681. The van der Waals surface area contributed by atoms with Crippen LogP contribution in [0.4, 0.5) is 0 Å². The smallest absolute Gasteiger partial charge is 0.306 e. The number of hydrogen-bond donors (Lipinski definition) is 0. The molecule has 2 rings (SSSR count). The van der Waals surface area contributed by atoms with Crippen LogP contribution in [0, 0.1) is 5.92 Å². The molecular weight excluding hydrogens is 346 g/mol. The van der Waals surface area contributed by atoms with Crippen LogP contribution >= 0.6 is 12.4 Å². The number of carbonyl (C=O) groups excluding carboxylic acids is 1. The minimum absolute atomic E-state index is 0. The van der Waals surface area contributed by atoms with Crippen LogP contribution in [0.3, 0.4) is 0 Å². The van der Waals surface area contributed by atoms with Crippen LogP contribution in [0.5, 0.6) is 0 Å². The average molecular weight is 376 g/mol. The monoisotopic (exact) mass is 375 g/mol. The fourth-order valence-electron chi connectivity index (χ4n) is 3.35. The van der Waals surface area contributed by atoms with Gasteiger partial charge in [0.2, 0.25) is 0 Å². The van der Waals surface area contributed by atoms with Crippen molar-refractivity contribution in [3.63, 3.8) is 0 Å². The highest BCUT2D eigenvalue weighted by Gasteiger charge is 2.42. The van der Waals surface area contributed by atoms with Crippen molar-refractivity contribution in [3.8, 4) is 0 Å². The van der Waals surface area contributed by atoms with Gasteiger partial charge in [0.1, 0.15) is 5.60 Å². The highest BCUT2D eigenvalue weighted by atomic mass is 35.5. The van der Waals surface area contributed by atoms with Crippen molar-refractivity contribution in [2.75, 3.05) is 20.6 Å². The molecule has 142 valence electrons. The lowest BCUT2D eigenvalue weighted by molar-refractivity contribution is -0.168. The fourth-order valence-corrected chi connectivity index (χ4v) is 3.35. The minimum Gasteiger partial charge on any atom is -0.453 e. The van der Waals surface area contributed by atoms with E-state index in [9.17, 15) is 4.79 Å². The normalized spacial score (nSPS) is 14.2. The maximum absolute atomic E-state index is 12.3. The summed E-state index contributed by atoms with van der Waals surface area (Å²) in [7, 11) is 4.10. The molecule has 2 aromatic rings. The first-order chi connectivity index (χ1) is 12.0. The van der Waals surface area contributed by atoms with Gasteiger partial charge in [-0.1, -0.05) is 74.5 Å². The van der Waals surface area contributed by atoms with Gasteiger partial charge < -0.3 is 9.64 Å². The Morgan fingerprint density at radius 1 is 1.04 bits per heavy atom. The van der Waals surface area contributed by atoms with Gasteiger partial charge in [-0.15, -0.1) is 12.4 Å². The van der Waals surface area contributed by atoms with Crippen LogP contribution < -0.4 is 0 Å². The average Bonchev–Trinajstić information content (AvgIpc) is 2.62. The molecule has 0 heterocycles. The second-order valence-corrected chi connectivity index (χ2v) is 6.91. The van der Waals surface area contributed by atoms with E-state index in [1.54, 1.807) is 0 Å². The molecule has 2 aromatic carbocycles. The van der Waals surface area contributed by atoms with E-state index in [0.717, 1.165) is 12.1 Å². The zero-order valence-corrected chi connectivity index (χ0v) is 17.0. The lowest BCUT2D eigenvalue weighted by Crippen LogP contribution is -2.44. The summed E-state index contributed by atoms with van der Waals surface area (Å²) >= 11 is 0. The quantitative estimate of drug-likeness (QED) is 0.626. The molecule has 3 nitrogen and oxygen atoms in total. The summed E-state index contributed by atoms with van der Waals surface area (Å²) in [6.07, 6.45) is 1.04. The molecule has 0 radical (unpaired) electrons. The number of carbonyl (C=O) groups is 1. The summed E-state index contributed by atoms with van der Waals surface area (Å²) in [5.74, 6) is -0.0222. The molecule has 0 aliphatic rings. The van der Waals surface area contributed by atoms with E-state index in [2.05, 4.69) is 50.2 Å². The van der Waals surface area contributed by atoms with Gasteiger partial charge in [-0.05, 0) is 25.2 Å². The maximum atomic E-state index is 12.3. The standard InChI is InChI=1S/C22H29NO2.ClH/c1-5-21(24)25-22(18(2)17-23(3)4,20-14-10-7-11-15-20)16-19-12-8-6-9-13-19;/h6-15,18H,5,16-17H2,1-4H3;1H/t18-,22?;/m0./s1. The molecule has 1 unspecified atom stereocenters. The zero-order valence-electron chi connectivity index (χ0n) is 16.1. The molecule has 4 heteroatoms. The zero-order chi connectivity index (χ0) is 18.3. The molecule has 0 aromatic heterocycles. The summed E-state index contributed by atoms with van der Waals surface area (Å²) < 4.78 is 6.17. The summed E-state index contributed by atoms with van der Waals surface area (Å²) in [5.41, 5.74) is 1.54. The fraction of sp³-hybridized carbons (Fsp3) is 0.409. The van der Waals surface area contributed by atoms with Crippen molar-refractivity contribution < 1.29 is 9.53 Å². The van der Waals surface area contributed by atoms with Crippen LogP contribution in [0.1, 0.15) is 31.4 Å². The second kappa shape index (κ2) is 10.3. The molecule has 0 saturated heterocycles. The number of rotatable bonds is 8. The van der Waals surface area contributed by atoms with E-state index >= 15 is 0 Å². The van der Waals surface area contributed by atoms with Crippen LogP contribution in [-0.4, -0.2) is 31.5 Å². The molecule has 26 heavy (non-hydrogen) atoms. The van der Waals surface area contributed by atoms with Gasteiger partial charge in [0.05, 0.1) is 0 Å². The van der Waals surface area contributed by atoms with Gasteiger partial charge in [0.25, 0.3) is 0 Å². The Morgan fingerprint density at radius 3 is 2.08 bits per heavy atom. The predicted octanol–water partition coefficient (Wildman–Crippen LogP) is 4.70. The van der Waals surface area contributed by atoms with Crippen molar-refractivity contribution >= 4 is 18.4 Å². The summed E-state index contributed by atoms with van der Waals surface area (Å²) in [4.78, 5) is 14.5. The third-order valence-corrected chi connectivity index (χ3v) is 4.59. The van der Waals surface area contributed by atoms with E-state index in [1.807, 2.05) is 43.3 Å². The van der Waals surface area contributed by atoms with E-state index in [-0.39, 0.29) is 24.3 Å². The van der Waals surface area contributed by atoms with Crippen molar-refractivity contribution in [3.05, 3.63) is 71.8 Å². The molecule has 0 amide bonds. The summed E-state index contributed by atoms with van der Waals surface area (Å²) in [6.45, 7) is 4.84. The van der Waals surface area contributed by atoms with Crippen molar-refractivity contribution in [2.24, 2.45) is 5.92 Å². The highest BCUT2D eigenvalue weighted by molar-refractivity contribution is 5.85. The predicted molar refractivity (Wildman–Crippen MR) is 110 cm³/mol. The van der Waals surface area contributed by atoms with E-state index < -0.39 is 5.60 Å². The third kappa shape index (κ3) is 5.58. The van der Waals surface area contributed by atoms with Gasteiger partial charge in [0, 0.05) is 25.3 Å². The van der Waals surface area contributed by atoms with E-state index in [1.165, 1.54) is 5.56 Å². The Morgan fingerprint density at radius 2 is 1.58 bits per heavy atom. The Bertz CT molecular complexity index is 660. The SMILES string of the molecule is CCC(=O)OC(Cc1ccccc1)(c1ccccc1)[C@@H](C)CN(C)C.Cl. The number of benzene rings is 2. The Balaban J connectivity index is 0.00000338. The topological polar surface area (TPSA) is 29.5 Å². The van der Waals surface area contributed by atoms with Crippen LogP contribution in [0.2, 0.25) is 0 Å². The van der Waals surface area contributed by atoms with Crippen LogP contribution in [-0.2, 0) is 21.6 Å². The molecule has 0 spiro atoms. The first-order valence-corrected chi connectivity index (χ1v) is 8.94. The number of halogens is 1. The highest BCUT2D eigenvalue weighted by Crippen LogP contribution is 2.38. The lowest BCUT2D eigenvalue weighted by atomic mass is 9.77. The third-order valence-electron chi connectivity index (χ3n) is 4.59. The van der Waals surface area contributed by atoms with Crippen molar-refractivity contribution in [2.45, 2.75) is 32.3 Å². The number of esters is 1. The van der Waals surface area contributed by atoms with E-state index in [0.29, 0.717) is 12.8 Å². The molecule has 0 fully saturated rings. The van der Waals surface area contributed by atoms with Crippen molar-refractivity contribution in [1.29, 1.82) is 0 Å². The molecular formula is C22H30ClNO2. The second-order valence-electron chi connectivity index (χ2n) is 6.91. The molecule has 0 saturated carbocycles.